The molecule has 128 valence electrons. The van der Waals surface area contributed by atoms with Crippen molar-refractivity contribution in [3.05, 3.63) is 76.7 Å². The maximum Gasteiger partial charge on any atom is 0.176 e. The van der Waals surface area contributed by atoms with Gasteiger partial charge in [-0.05, 0) is 37.3 Å². The smallest absolute Gasteiger partial charge is 0.176 e. The molecular weight excluding hydrogens is 359 g/mol. The van der Waals surface area contributed by atoms with Crippen molar-refractivity contribution in [2.45, 2.75) is 13.5 Å². The van der Waals surface area contributed by atoms with Gasteiger partial charge in [0.15, 0.2) is 10.9 Å². The predicted molar refractivity (Wildman–Crippen MR) is 104 cm³/mol. The highest BCUT2D eigenvalue weighted by Crippen LogP contribution is 2.21. The van der Waals surface area contributed by atoms with Crippen LogP contribution in [0.15, 0.2) is 54.7 Å². The quantitative estimate of drug-likeness (QED) is 0.641. The van der Waals surface area contributed by atoms with Crippen LogP contribution < -0.4 is 10.6 Å². The Balaban J connectivity index is 1.67. The van der Waals surface area contributed by atoms with Crippen LogP contribution in [0.2, 0.25) is 5.02 Å². The van der Waals surface area contributed by atoms with Crippen molar-refractivity contribution in [2.75, 3.05) is 10.6 Å². The highest BCUT2D eigenvalue weighted by molar-refractivity contribution is 7.80. The number of anilines is 2. The summed E-state index contributed by atoms with van der Waals surface area (Å²) >= 11 is 11.5. The lowest BCUT2D eigenvalue weighted by atomic mass is 10.2. The number of rotatable bonds is 4. The van der Waals surface area contributed by atoms with E-state index in [1.165, 1.54) is 11.6 Å². The topological polar surface area (TPSA) is 41.9 Å². The molecule has 2 N–H and O–H groups in total. The van der Waals surface area contributed by atoms with Gasteiger partial charge in [0.05, 0.1) is 6.54 Å². The van der Waals surface area contributed by atoms with Crippen molar-refractivity contribution < 1.29 is 4.39 Å². The summed E-state index contributed by atoms with van der Waals surface area (Å²) in [5.74, 6) is 0.141. The van der Waals surface area contributed by atoms with Crippen molar-refractivity contribution in [2.24, 2.45) is 0 Å². The van der Waals surface area contributed by atoms with Gasteiger partial charge < -0.3 is 10.6 Å². The summed E-state index contributed by atoms with van der Waals surface area (Å²) in [6.45, 7) is 2.30. The van der Waals surface area contributed by atoms with Gasteiger partial charge >= 0.3 is 0 Å². The minimum atomic E-state index is -0.278. The Kier molecular flexibility index (Phi) is 5.31. The Morgan fingerprint density at radius 3 is 2.60 bits per heavy atom. The van der Waals surface area contributed by atoms with Gasteiger partial charge in [0.1, 0.15) is 10.8 Å². The second-order valence-corrected chi connectivity index (χ2v) is 6.38. The zero-order valence-corrected chi connectivity index (χ0v) is 15.0. The number of hydrogen-bond acceptors (Lipinski definition) is 2. The summed E-state index contributed by atoms with van der Waals surface area (Å²) in [6, 6.07) is 14.4. The summed E-state index contributed by atoms with van der Waals surface area (Å²) in [5, 5.41) is 11.1. The predicted octanol–water partition coefficient (Wildman–Crippen LogP) is 4.84. The third-order valence-electron chi connectivity index (χ3n) is 3.55. The number of thiocarbonyl (C=S) groups is 1. The minimum absolute atomic E-state index is 0.278. The van der Waals surface area contributed by atoms with Gasteiger partial charge in [-0.25, -0.2) is 4.39 Å². The molecule has 4 nitrogen and oxygen atoms in total. The number of hydrogen-bond donors (Lipinski definition) is 2. The zero-order valence-electron chi connectivity index (χ0n) is 13.5. The maximum atomic E-state index is 13.7. The monoisotopic (exact) mass is 374 g/mol. The van der Waals surface area contributed by atoms with Crippen LogP contribution in [0.1, 0.15) is 11.1 Å². The van der Waals surface area contributed by atoms with Crippen molar-refractivity contribution in [3.63, 3.8) is 0 Å². The van der Waals surface area contributed by atoms with E-state index >= 15 is 0 Å². The first kappa shape index (κ1) is 17.4. The van der Waals surface area contributed by atoms with E-state index < -0.39 is 0 Å². The lowest BCUT2D eigenvalue weighted by Crippen LogP contribution is -2.19. The number of aromatic nitrogens is 2. The second kappa shape index (κ2) is 7.63. The SMILES string of the molecule is Cc1ccc(NC(=S)Nc2nn(Cc3ccccc3F)cc2Cl)cc1. The molecule has 0 aliphatic carbocycles. The molecule has 0 fully saturated rings. The Hall–Kier alpha value is -2.44. The molecular formula is C18H16ClFN4S. The number of benzene rings is 2. The molecule has 0 amide bonds. The lowest BCUT2D eigenvalue weighted by Gasteiger charge is -2.09. The lowest BCUT2D eigenvalue weighted by molar-refractivity contribution is 0.586. The van der Waals surface area contributed by atoms with E-state index in [0.717, 1.165) is 5.69 Å². The molecule has 7 heteroatoms. The molecule has 1 heterocycles. The average Bonchev–Trinajstić information content (AvgIpc) is 2.91. The molecule has 0 saturated carbocycles. The highest BCUT2D eigenvalue weighted by atomic mass is 35.5. The van der Waals surface area contributed by atoms with Crippen LogP contribution in [0.4, 0.5) is 15.9 Å². The normalized spacial score (nSPS) is 10.5. The van der Waals surface area contributed by atoms with Crippen molar-refractivity contribution in [3.8, 4) is 0 Å². The Labute approximate surface area is 155 Å². The van der Waals surface area contributed by atoms with Crippen molar-refractivity contribution in [1.82, 2.24) is 9.78 Å². The average molecular weight is 375 g/mol. The first-order valence-corrected chi connectivity index (χ1v) is 8.41. The van der Waals surface area contributed by atoms with E-state index in [1.54, 1.807) is 29.1 Å². The fraction of sp³-hybridized carbons (Fsp3) is 0.111. The van der Waals surface area contributed by atoms with Gasteiger partial charge in [-0.3, -0.25) is 4.68 Å². The molecule has 1 aromatic heterocycles. The second-order valence-electron chi connectivity index (χ2n) is 5.56. The van der Waals surface area contributed by atoms with Gasteiger partial charge in [0.2, 0.25) is 0 Å². The zero-order chi connectivity index (χ0) is 17.8. The highest BCUT2D eigenvalue weighted by Gasteiger charge is 2.10. The number of halogens is 2. The molecule has 0 spiro atoms. The number of nitrogens with zero attached hydrogens (tertiary/aromatic N) is 2. The largest absolute Gasteiger partial charge is 0.332 e. The Bertz CT molecular complexity index is 892. The van der Waals surface area contributed by atoms with E-state index in [9.17, 15) is 4.39 Å². The van der Waals surface area contributed by atoms with Crippen LogP contribution in [0.3, 0.4) is 0 Å². The molecule has 0 radical (unpaired) electrons. The van der Waals surface area contributed by atoms with Gasteiger partial charge in [-0.15, -0.1) is 0 Å². The molecule has 0 atom stereocenters. The first-order valence-electron chi connectivity index (χ1n) is 7.62. The van der Waals surface area contributed by atoms with Gasteiger partial charge in [-0.1, -0.05) is 47.5 Å². The van der Waals surface area contributed by atoms with Gasteiger partial charge in [0.25, 0.3) is 0 Å². The van der Waals surface area contributed by atoms with Crippen LogP contribution in [0, 0.1) is 12.7 Å². The van der Waals surface area contributed by atoms with E-state index in [2.05, 4.69) is 15.7 Å². The van der Waals surface area contributed by atoms with Crippen LogP contribution in [0.5, 0.6) is 0 Å². The number of nitrogens with one attached hydrogen (secondary N) is 2. The fourth-order valence-electron chi connectivity index (χ4n) is 2.27. The van der Waals surface area contributed by atoms with Crippen LogP contribution in [-0.2, 0) is 6.54 Å². The van der Waals surface area contributed by atoms with Gasteiger partial charge in [-0.2, -0.15) is 5.10 Å². The molecule has 0 bridgehead atoms. The summed E-state index contributed by atoms with van der Waals surface area (Å²) in [4.78, 5) is 0. The molecule has 0 aliphatic heterocycles. The van der Waals surface area contributed by atoms with Crippen LogP contribution in [0.25, 0.3) is 0 Å². The summed E-state index contributed by atoms with van der Waals surface area (Å²) in [5.41, 5.74) is 2.57. The standard InChI is InChI=1S/C18H16ClFN4S/c1-12-6-8-14(9-7-12)21-18(25)22-17-15(19)11-24(23-17)10-13-4-2-3-5-16(13)20/h2-9,11H,10H2,1H3,(H2,21,22,23,25). The molecule has 0 saturated heterocycles. The van der Waals surface area contributed by atoms with E-state index in [-0.39, 0.29) is 12.4 Å². The molecule has 0 aliphatic rings. The van der Waals surface area contributed by atoms with Crippen LogP contribution >= 0.6 is 23.8 Å². The van der Waals surface area contributed by atoms with E-state index in [4.69, 9.17) is 23.8 Å². The fourth-order valence-corrected chi connectivity index (χ4v) is 2.68. The molecule has 0 unspecified atom stereocenters. The summed E-state index contributed by atoms with van der Waals surface area (Å²) in [7, 11) is 0. The van der Waals surface area contributed by atoms with Gasteiger partial charge in [0, 0.05) is 17.4 Å². The first-order chi connectivity index (χ1) is 12.0. The molecule has 2 aromatic carbocycles. The summed E-state index contributed by atoms with van der Waals surface area (Å²) < 4.78 is 15.3. The third kappa shape index (κ3) is 4.55. The molecule has 3 rings (SSSR count). The summed E-state index contributed by atoms with van der Waals surface area (Å²) in [6.07, 6.45) is 1.63. The molecule has 25 heavy (non-hydrogen) atoms. The van der Waals surface area contributed by atoms with Crippen molar-refractivity contribution in [1.29, 1.82) is 0 Å². The van der Waals surface area contributed by atoms with E-state index in [1.807, 2.05) is 31.2 Å². The number of aryl methyl sites for hydroxylation is 1. The Morgan fingerprint density at radius 1 is 1.16 bits per heavy atom. The maximum absolute atomic E-state index is 13.7. The van der Waals surface area contributed by atoms with Crippen molar-refractivity contribution >= 4 is 40.4 Å². The van der Waals surface area contributed by atoms with Crippen LogP contribution in [-0.4, -0.2) is 14.9 Å². The van der Waals surface area contributed by atoms with E-state index in [0.29, 0.717) is 21.5 Å². The third-order valence-corrected chi connectivity index (χ3v) is 4.03. The minimum Gasteiger partial charge on any atom is -0.332 e. The molecule has 3 aromatic rings. The Morgan fingerprint density at radius 2 is 1.88 bits per heavy atom.